The minimum Gasteiger partial charge on any atom is -0.368 e. The van der Waals surface area contributed by atoms with E-state index in [2.05, 4.69) is 10.2 Å². The minimum absolute atomic E-state index is 0.0583. The van der Waals surface area contributed by atoms with E-state index >= 15 is 0 Å². The predicted octanol–water partition coefficient (Wildman–Crippen LogP) is 3.57. The standard InChI is InChI=1S/C20H22ClN3O2/c1-15(25)17-3-2-4-19(13-17)23-9-11-24(12-10-23)20(26)22-14-16-5-7-18(21)8-6-16/h2-8,13H,9-12,14H2,1H3,(H,22,26). The lowest BCUT2D eigenvalue weighted by molar-refractivity contribution is 0.101. The number of nitrogens with one attached hydrogen (secondary N) is 1. The largest absolute Gasteiger partial charge is 0.368 e. The van der Waals surface area contributed by atoms with Crippen LogP contribution in [0.2, 0.25) is 5.02 Å². The average molecular weight is 372 g/mol. The lowest BCUT2D eigenvalue weighted by Crippen LogP contribution is -2.51. The third-order valence-electron chi connectivity index (χ3n) is 4.54. The van der Waals surface area contributed by atoms with E-state index in [0.717, 1.165) is 24.3 Å². The maximum absolute atomic E-state index is 12.4. The smallest absolute Gasteiger partial charge is 0.317 e. The molecule has 136 valence electrons. The molecule has 6 heteroatoms. The van der Waals surface area contributed by atoms with Gasteiger partial charge < -0.3 is 15.1 Å². The van der Waals surface area contributed by atoms with Crippen molar-refractivity contribution in [1.29, 1.82) is 0 Å². The van der Waals surface area contributed by atoms with Crippen LogP contribution in [0.1, 0.15) is 22.8 Å². The van der Waals surface area contributed by atoms with E-state index in [9.17, 15) is 9.59 Å². The summed E-state index contributed by atoms with van der Waals surface area (Å²) in [4.78, 5) is 27.9. The molecule has 5 nitrogen and oxygen atoms in total. The Kier molecular flexibility index (Phi) is 5.78. The summed E-state index contributed by atoms with van der Waals surface area (Å²) >= 11 is 5.87. The highest BCUT2D eigenvalue weighted by Gasteiger charge is 2.21. The number of hydrogen-bond donors (Lipinski definition) is 1. The number of nitrogens with zero attached hydrogens (tertiary/aromatic N) is 2. The number of halogens is 1. The van der Waals surface area contributed by atoms with E-state index in [1.54, 1.807) is 6.92 Å². The molecule has 1 heterocycles. The summed E-state index contributed by atoms with van der Waals surface area (Å²) in [7, 11) is 0. The van der Waals surface area contributed by atoms with Gasteiger partial charge in [0.2, 0.25) is 0 Å². The molecule has 1 aliphatic rings. The van der Waals surface area contributed by atoms with Gasteiger partial charge in [-0.3, -0.25) is 4.79 Å². The van der Waals surface area contributed by atoms with Crippen LogP contribution in [-0.2, 0) is 6.54 Å². The van der Waals surface area contributed by atoms with Gasteiger partial charge in [-0.25, -0.2) is 4.79 Å². The monoisotopic (exact) mass is 371 g/mol. The summed E-state index contributed by atoms with van der Waals surface area (Å²) < 4.78 is 0. The molecule has 1 aliphatic heterocycles. The van der Waals surface area contributed by atoms with Crippen LogP contribution < -0.4 is 10.2 Å². The van der Waals surface area contributed by atoms with Crippen molar-refractivity contribution in [3.63, 3.8) is 0 Å². The highest BCUT2D eigenvalue weighted by Crippen LogP contribution is 2.18. The van der Waals surface area contributed by atoms with Gasteiger partial charge in [0.05, 0.1) is 0 Å². The van der Waals surface area contributed by atoms with Gasteiger partial charge in [0.1, 0.15) is 0 Å². The molecule has 0 saturated carbocycles. The number of Topliss-reactive ketones (excluding diaryl/α,β-unsaturated/α-hetero) is 1. The number of rotatable bonds is 4. The lowest BCUT2D eigenvalue weighted by Gasteiger charge is -2.36. The highest BCUT2D eigenvalue weighted by molar-refractivity contribution is 6.30. The number of piperazine rings is 1. The maximum Gasteiger partial charge on any atom is 0.317 e. The molecule has 0 aliphatic carbocycles. The molecule has 1 saturated heterocycles. The molecule has 1 fully saturated rings. The first-order valence-electron chi connectivity index (χ1n) is 8.66. The van der Waals surface area contributed by atoms with Gasteiger partial charge in [-0.1, -0.05) is 35.9 Å². The van der Waals surface area contributed by atoms with Crippen LogP contribution >= 0.6 is 11.6 Å². The van der Waals surface area contributed by atoms with Crippen molar-refractivity contribution in [1.82, 2.24) is 10.2 Å². The second kappa shape index (κ2) is 8.23. The summed E-state index contributed by atoms with van der Waals surface area (Å²) in [6, 6.07) is 15.0. The van der Waals surface area contributed by atoms with E-state index in [4.69, 9.17) is 11.6 Å². The third-order valence-corrected chi connectivity index (χ3v) is 4.79. The van der Waals surface area contributed by atoms with Gasteiger partial charge in [0.15, 0.2) is 5.78 Å². The molecule has 26 heavy (non-hydrogen) atoms. The number of carbonyl (C=O) groups is 2. The van der Waals surface area contributed by atoms with E-state index in [1.165, 1.54) is 0 Å². The third kappa shape index (κ3) is 4.55. The number of carbonyl (C=O) groups excluding carboxylic acids is 2. The Bertz CT molecular complexity index is 784. The highest BCUT2D eigenvalue weighted by atomic mass is 35.5. The van der Waals surface area contributed by atoms with Crippen LogP contribution in [0, 0.1) is 0 Å². The van der Waals surface area contributed by atoms with E-state index < -0.39 is 0 Å². The number of ketones is 1. The Morgan fingerprint density at radius 1 is 1.04 bits per heavy atom. The van der Waals surface area contributed by atoms with Crippen molar-refractivity contribution >= 4 is 29.1 Å². The summed E-state index contributed by atoms with van der Waals surface area (Å²) in [5.74, 6) is 0.0621. The second-order valence-electron chi connectivity index (χ2n) is 6.37. The van der Waals surface area contributed by atoms with Gasteiger partial charge in [-0.15, -0.1) is 0 Å². The SMILES string of the molecule is CC(=O)c1cccc(N2CCN(C(=O)NCc3ccc(Cl)cc3)CC2)c1. The zero-order valence-electron chi connectivity index (χ0n) is 14.7. The molecular weight excluding hydrogens is 350 g/mol. The first-order chi connectivity index (χ1) is 12.5. The van der Waals surface area contributed by atoms with Crippen LogP contribution in [0.4, 0.5) is 10.5 Å². The van der Waals surface area contributed by atoms with E-state index in [0.29, 0.717) is 30.2 Å². The van der Waals surface area contributed by atoms with Gasteiger partial charge in [-0.05, 0) is 36.8 Å². The lowest BCUT2D eigenvalue weighted by atomic mass is 10.1. The van der Waals surface area contributed by atoms with Crippen molar-refractivity contribution < 1.29 is 9.59 Å². The summed E-state index contributed by atoms with van der Waals surface area (Å²) in [6.07, 6.45) is 0. The van der Waals surface area contributed by atoms with Crippen LogP contribution in [0.25, 0.3) is 0 Å². The summed E-state index contributed by atoms with van der Waals surface area (Å²) in [5.41, 5.74) is 2.76. The zero-order chi connectivity index (χ0) is 18.5. The molecule has 2 aromatic carbocycles. The molecule has 0 atom stereocenters. The normalized spacial score (nSPS) is 14.2. The molecule has 0 unspecified atom stereocenters. The van der Waals surface area contributed by atoms with Gasteiger partial charge in [0.25, 0.3) is 0 Å². The minimum atomic E-state index is -0.0583. The number of amides is 2. The molecule has 0 radical (unpaired) electrons. The zero-order valence-corrected chi connectivity index (χ0v) is 15.5. The molecule has 2 aromatic rings. The summed E-state index contributed by atoms with van der Waals surface area (Å²) in [5, 5.41) is 3.63. The average Bonchev–Trinajstić information content (AvgIpc) is 2.67. The first-order valence-corrected chi connectivity index (χ1v) is 9.04. The molecular formula is C20H22ClN3O2. The van der Waals surface area contributed by atoms with E-state index in [-0.39, 0.29) is 11.8 Å². The first kappa shape index (κ1) is 18.3. The Labute approximate surface area is 158 Å². The van der Waals surface area contributed by atoms with Gasteiger partial charge in [-0.2, -0.15) is 0 Å². The molecule has 0 aromatic heterocycles. The van der Waals surface area contributed by atoms with Crippen LogP contribution in [0.5, 0.6) is 0 Å². The molecule has 1 N–H and O–H groups in total. The quantitative estimate of drug-likeness (QED) is 0.836. The molecule has 0 bridgehead atoms. The summed E-state index contributed by atoms with van der Waals surface area (Å²) in [6.45, 7) is 4.85. The Balaban J connectivity index is 1.51. The van der Waals surface area contributed by atoms with Crippen molar-refractivity contribution in [2.24, 2.45) is 0 Å². The fourth-order valence-electron chi connectivity index (χ4n) is 2.98. The molecule has 3 rings (SSSR count). The molecule has 2 amide bonds. The maximum atomic E-state index is 12.4. The van der Waals surface area contributed by atoms with Crippen LogP contribution in [-0.4, -0.2) is 42.9 Å². The fraction of sp³-hybridized carbons (Fsp3) is 0.300. The Morgan fingerprint density at radius 3 is 2.38 bits per heavy atom. The van der Waals surface area contributed by atoms with Crippen molar-refractivity contribution in [3.8, 4) is 0 Å². The van der Waals surface area contributed by atoms with Crippen molar-refractivity contribution in [3.05, 3.63) is 64.7 Å². The number of urea groups is 1. The van der Waals surface area contributed by atoms with E-state index in [1.807, 2.05) is 53.4 Å². The fourth-order valence-corrected chi connectivity index (χ4v) is 3.11. The topological polar surface area (TPSA) is 52.7 Å². The second-order valence-corrected chi connectivity index (χ2v) is 6.80. The molecule has 0 spiro atoms. The van der Waals surface area contributed by atoms with Crippen LogP contribution in [0.3, 0.4) is 0 Å². The van der Waals surface area contributed by atoms with Gasteiger partial charge >= 0.3 is 6.03 Å². The Hall–Kier alpha value is -2.53. The Morgan fingerprint density at radius 2 is 1.73 bits per heavy atom. The van der Waals surface area contributed by atoms with Crippen molar-refractivity contribution in [2.45, 2.75) is 13.5 Å². The van der Waals surface area contributed by atoms with Crippen molar-refractivity contribution in [2.75, 3.05) is 31.1 Å². The number of benzene rings is 2. The number of anilines is 1. The van der Waals surface area contributed by atoms with Crippen LogP contribution in [0.15, 0.2) is 48.5 Å². The van der Waals surface area contributed by atoms with Gasteiger partial charge in [0, 0.05) is 49.0 Å². The number of hydrogen-bond acceptors (Lipinski definition) is 3. The predicted molar refractivity (Wildman–Crippen MR) is 104 cm³/mol.